The van der Waals surface area contributed by atoms with E-state index in [9.17, 15) is 29.3 Å². The van der Waals surface area contributed by atoms with E-state index in [4.69, 9.17) is 18.5 Å². The Balaban J connectivity index is 4.65. The molecule has 0 aromatic carbocycles. The number of nitrogens with zero attached hydrogens (tertiary/aromatic N) is 1. The Morgan fingerprint density at radius 1 is 0.617 bits per heavy atom. The summed E-state index contributed by atoms with van der Waals surface area (Å²) < 4.78 is 33.7. The number of quaternary nitrogens is 1. The lowest BCUT2D eigenvalue weighted by Crippen LogP contribution is -2.37. The number of phosphoric ester groups is 1. The van der Waals surface area contributed by atoms with Gasteiger partial charge in [0.05, 0.1) is 40.0 Å². The van der Waals surface area contributed by atoms with E-state index in [0.717, 1.165) is 70.6 Å². The quantitative estimate of drug-likeness (QED) is 0.0201. The van der Waals surface area contributed by atoms with Gasteiger partial charge < -0.3 is 38.1 Å². The number of hydrogen-bond acceptors (Lipinski definition) is 10. The van der Waals surface area contributed by atoms with Crippen molar-refractivity contribution < 1.29 is 52.3 Å². The first-order valence-corrected chi connectivity index (χ1v) is 23.9. The molecule has 0 saturated carbocycles. The number of hydrogen-bond donors (Lipinski definition) is 2. The first-order valence-electron chi connectivity index (χ1n) is 22.5. The number of carbonyl (C=O) groups is 2. The van der Waals surface area contributed by atoms with Gasteiger partial charge in [-0.3, -0.25) is 14.2 Å². The van der Waals surface area contributed by atoms with Crippen molar-refractivity contribution in [3.05, 3.63) is 85.1 Å². The van der Waals surface area contributed by atoms with E-state index in [1.54, 1.807) is 0 Å². The molecule has 0 aromatic heterocycles. The van der Waals surface area contributed by atoms with Crippen molar-refractivity contribution in [3.63, 3.8) is 0 Å². The molecule has 11 nitrogen and oxygen atoms in total. The van der Waals surface area contributed by atoms with Gasteiger partial charge in [0.2, 0.25) is 0 Å². The highest BCUT2D eigenvalue weighted by Crippen LogP contribution is 2.38. The maximum Gasteiger partial charge on any atom is 0.306 e. The van der Waals surface area contributed by atoms with Crippen LogP contribution in [0.4, 0.5) is 0 Å². The van der Waals surface area contributed by atoms with Crippen LogP contribution in [-0.2, 0) is 32.7 Å². The Kier molecular flexibility index (Phi) is 37.1. The second-order valence-electron chi connectivity index (χ2n) is 16.0. The van der Waals surface area contributed by atoms with Gasteiger partial charge in [0.15, 0.2) is 6.10 Å². The van der Waals surface area contributed by atoms with Crippen LogP contribution in [0, 0.1) is 0 Å². The third-order valence-corrected chi connectivity index (χ3v) is 10.1. The highest BCUT2D eigenvalue weighted by molar-refractivity contribution is 7.45. The van der Waals surface area contributed by atoms with E-state index in [-0.39, 0.29) is 32.3 Å². The van der Waals surface area contributed by atoms with Gasteiger partial charge in [0.1, 0.15) is 19.8 Å². The van der Waals surface area contributed by atoms with Crippen molar-refractivity contribution in [1.82, 2.24) is 0 Å². The lowest BCUT2D eigenvalue weighted by Gasteiger charge is -2.28. The zero-order chi connectivity index (χ0) is 44.6. The summed E-state index contributed by atoms with van der Waals surface area (Å²) >= 11 is 0. The number of aliphatic hydroxyl groups excluding tert-OH is 2. The molecule has 0 heterocycles. The molecule has 0 amide bonds. The fourth-order valence-corrected chi connectivity index (χ4v) is 6.18. The van der Waals surface area contributed by atoms with Crippen LogP contribution in [0.1, 0.15) is 142 Å². The topological polar surface area (TPSA) is 152 Å². The van der Waals surface area contributed by atoms with Crippen molar-refractivity contribution in [2.75, 3.05) is 47.5 Å². The summed E-state index contributed by atoms with van der Waals surface area (Å²) in [5.41, 5.74) is 0. The summed E-state index contributed by atoms with van der Waals surface area (Å²) in [5.74, 6) is -1.16. The predicted molar refractivity (Wildman–Crippen MR) is 243 cm³/mol. The first-order chi connectivity index (χ1) is 28.8. The molecule has 0 rings (SSSR count). The molecule has 12 heteroatoms. The Labute approximate surface area is 364 Å². The number of aliphatic hydroxyl groups is 2. The molecule has 0 fully saturated rings. The van der Waals surface area contributed by atoms with E-state index in [1.165, 1.54) is 19.3 Å². The van der Waals surface area contributed by atoms with Gasteiger partial charge in [-0.25, -0.2) is 0 Å². The number of carbonyl (C=O) groups excluding carboxylic acids is 2. The Morgan fingerprint density at radius 3 is 1.70 bits per heavy atom. The van der Waals surface area contributed by atoms with E-state index in [2.05, 4.69) is 86.8 Å². The van der Waals surface area contributed by atoms with E-state index < -0.39 is 51.3 Å². The predicted octanol–water partition coefficient (Wildman–Crippen LogP) is 10.1. The van der Waals surface area contributed by atoms with Gasteiger partial charge in [-0.1, -0.05) is 125 Å². The number of esters is 2. The number of allylic oxidation sites excluding steroid dienone is 13. The van der Waals surface area contributed by atoms with E-state index in [0.29, 0.717) is 23.9 Å². The summed E-state index contributed by atoms with van der Waals surface area (Å²) in [6, 6.07) is 0. The Morgan fingerprint density at radius 2 is 1.13 bits per heavy atom. The van der Waals surface area contributed by atoms with Crippen LogP contribution < -0.4 is 4.89 Å². The molecule has 0 bridgehead atoms. The molecule has 0 aromatic rings. The number of phosphoric acid groups is 1. The van der Waals surface area contributed by atoms with Crippen molar-refractivity contribution in [2.45, 2.75) is 161 Å². The zero-order valence-corrected chi connectivity index (χ0v) is 38.7. The molecule has 0 aliphatic heterocycles. The van der Waals surface area contributed by atoms with Crippen molar-refractivity contribution >= 4 is 19.8 Å². The minimum absolute atomic E-state index is 0.0475. The average Bonchev–Trinajstić information content (AvgIpc) is 3.19. The molecule has 0 radical (unpaired) electrons. The highest BCUT2D eigenvalue weighted by Gasteiger charge is 2.22. The highest BCUT2D eigenvalue weighted by atomic mass is 31.2. The smallest absolute Gasteiger partial charge is 0.306 e. The molecule has 60 heavy (non-hydrogen) atoms. The van der Waals surface area contributed by atoms with Crippen LogP contribution in [0.3, 0.4) is 0 Å². The summed E-state index contributed by atoms with van der Waals surface area (Å²) in [6.07, 6.45) is 42.1. The second-order valence-corrected chi connectivity index (χ2v) is 17.4. The Hall–Kier alpha value is -2.89. The number of rotatable bonds is 39. The van der Waals surface area contributed by atoms with Crippen LogP contribution >= 0.6 is 7.82 Å². The molecule has 0 spiro atoms. The van der Waals surface area contributed by atoms with Gasteiger partial charge in [-0.15, -0.1) is 0 Å². The fourth-order valence-electron chi connectivity index (χ4n) is 5.45. The van der Waals surface area contributed by atoms with Crippen LogP contribution in [-0.4, -0.2) is 92.5 Å². The van der Waals surface area contributed by atoms with Crippen molar-refractivity contribution in [3.8, 4) is 0 Å². The SMILES string of the molecule is CC/C=C\C/C=C\C/C=C\C/C=C\CCCCCCC(=O)O[C@H](COC(=O)CCCC(O)C(O)C/C=C\C/C=C\C/C=C\CCCCC)COP(=O)([O-])OCC[N+](C)(C)C. The molecule has 344 valence electrons. The second kappa shape index (κ2) is 39.0. The summed E-state index contributed by atoms with van der Waals surface area (Å²) in [5, 5.41) is 20.7. The van der Waals surface area contributed by atoms with Gasteiger partial charge in [0, 0.05) is 12.8 Å². The van der Waals surface area contributed by atoms with E-state index in [1.807, 2.05) is 33.3 Å². The fraction of sp³-hybridized carbons (Fsp3) is 0.667. The van der Waals surface area contributed by atoms with Gasteiger partial charge in [-0.05, 0) is 89.9 Å². The molecule has 3 unspecified atom stereocenters. The average molecular weight is 864 g/mol. The molecular formula is C48H82NO10P. The monoisotopic (exact) mass is 864 g/mol. The number of unbranched alkanes of at least 4 members (excludes halogenated alkanes) is 7. The van der Waals surface area contributed by atoms with Crippen molar-refractivity contribution in [2.24, 2.45) is 0 Å². The summed E-state index contributed by atoms with van der Waals surface area (Å²) in [6.45, 7) is 3.69. The van der Waals surface area contributed by atoms with Gasteiger partial charge in [-0.2, -0.15) is 0 Å². The molecule has 0 aliphatic carbocycles. The first kappa shape index (κ1) is 57.1. The molecule has 0 saturated heterocycles. The molecular weight excluding hydrogens is 781 g/mol. The van der Waals surface area contributed by atoms with Crippen molar-refractivity contribution in [1.29, 1.82) is 0 Å². The maximum absolute atomic E-state index is 12.7. The summed E-state index contributed by atoms with van der Waals surface area (Å²) in [4.78, 5) is 37.6. The van der Waals surface area contributed by atoms with Crippen LogP contribution in [0.5, 0.6) is 0 Å². The normalized spacial score (nSPS) is 15.4. The third kappa shape index (κ3) is 40.5. The van der Waals surface area contributed by atoms with E-state index >= 15 is 0 Å². The molecule has 0 aliphatic rings. The summed E-state index contributed by atoms with van der Waals surface area (Å²) in [7, 11) is 0.979. The number of likely N-dealkylation sites (N-methyl/N-ethyl adjacent to an activating group) is 1. The minimum Gasteiger partial charge on any atom is -0.756 e. The van der Waals surface area contributed by atoms with Gasteiger partial charge >= 0.3 is 11.9 Å². The van der Waals surface area contributed by atoms with Crippen LogP contribution in [0.15, 0.2) is 85.1 Å². The molecule has 2 N–H and O–H groups in total. The maximum atomic E-state index is 12.7. The lowest BCUT2D eigenvalue weighted by molar-refractivity contribution is -0.870. The Bertz CT molecular complexity index is 1330. The van der Waals surface area contributed by atoms with Gasteiger partial charge in [0.25, 0.3) is 7.82 Å². The minimum atomic E-state index is -4.71. The van der Waals surface area contributed by atoms with Crippen LogP contribution in [0.2, 0.25) is 0 Å². The number of ether oxygens (including phenoxy) is 2. The zero-order valence-electron chi connectivity index (χ0n) is 37.8. The largest absolute Gasteiger partial charge is 0.756 e. The third-order valence-electron chi connectivity index (χ3n) is 9.10. The molecule has 4 atom stereocenters. The lowest BCUT2D eigenvalue weighted by atomic mass is 10.0. The van der Waals surface area contributed by atoms with Crippen LogP contribution in [0.25, 0.3) is 0 Å². The standard InChI is InChI=1S/C48H82NO10P/c1-6-8-10-12-14-16-18-20-21-22-23-24-26-28-30-32-34-38-48(53)59-44(43-58-60(54,55)57-41-40-49(3,4)5)42-56-47(52)39-35-37-46(51)45(50)36-33-31-29-27-25-19-17-15-13-11-9-7-2/h8,10,14-17,20-21,23-25,27,31,33,44-46,50-51H,6-7,9,11-13,18-19,22,26,28-30,32,34-43H2,1-5H3/b10-8-,16-14-,17-15-,21-20-,24-23-,27-25-,33-31-/t44-,45?,46?/m1/s1.